The van der Waals surface area contributed by atoms with Crippen LogP contribution in [-0.2, 0) is 85.2 Å². The van der Waals surface area contributed by atoms with Crippen molar-refractivity contribution in [3.63, 3.8) is 0 Å². The lowest BCUT2D eigenvalue weighted by Crippen LogP contribution is -2.65. The van der Waals surface area contributed by atoms with E-state index >= 15 is 9.59 Å². The Morgan fingerprint density at radius 3 is 1.49 bits per heavy atom. The summed E-state index contributed by atoms with van der Waals surface area (Å²) in [6.45, 7) is 2.53. The Morgan fingerprint density at radius 1 is 0.518 bits per heavy atom. The normalized spacial score (nSPS) is 18.3. The molecule has 7 aromatic rings. The van der Waals surface area contributed by atoms with Crippen LogP contribution >= 0.6 is 0 Å². The maximum Gasteiger partial charge on any atom is 0.407 e. The minimum Gasteiger partial charge on any atom is -0.459 e. The van der Waals surface area contributed by atoms with Crippen LogP contribution in [0.15, 0.2) is 200 Å². The van der Waals surface area contributed by atoms with E-state index in [2.05, 4.69) is 16.0 Å². The van der Waals surface area contributed by atoms with Crippen molar-refractivity contribution in [3.8, 4) is 11.1 Å². The first kappa shape index (κ1) is 59.1. The minimum atomic E-state index is -1.34. The molecular weight excluding hydrogens is 1050 g/mol. The van der Waals surface area contributed by atoms with Gasteiger partial charge >= 0.3 is 12.1 Å². The van der Waals surface area contributed by atoms with Gasteiger partial charge in [-0.2, -0.15) is 0 Å². The summed E-state index contributed by atoms with van der Waals surface area (Å²) in [6, 6.07) is 59.2. The molecule has 1 fully saturated rings. The molecule has 1 saturated heterocycles. The van der Waals surface area contributed by atoms with E-state index in [1.54, 1.807) is 0 Å². The molecule has 0 radical (unpaired) electrons. The van der Waals surface area contributed by atoms with Crippen molar-refractivity contribution in [2.75, 3.05) is 26.8 Å². The molecular formula is C67H70N4O12. The Kier molecular flexibility index (Phi) is 21.0. The van der Waals surface area contributed by atoms with Gasteiger partial charge in [0.15, 0.2) is 6.29 Å². The topological polar surface area (TPSA) is 189 Å². The van der Waals surface area contributed by atoms with E-state index in [4.69, 9.17) is 33.2 Å². The largest absolute Gasteiger partial charge is 0.459 e. The zero-order valence-corrected chi connectivity index (χ0v) is 46.8. The zero-order valence-electron chi connectivity index (χ0n) is 46.8. The van der Waals surface area contributed by atoms with Crippen LogP contribution in [0.25, 0.3) is 11.1 Å². The number of nitrogens with zero attached hydrogens (tertiary/aromatic N) is 1. The molecule has 1 aliphatic carbocycles. The molecule has 16 nitrogen and oxygen atoms in total. The van der Waals surface area contributed by atoms with E-state index in [0.29, 0.717) is 5.56 Å². The molecule has 0 aromatic heterocycles. The van der Waals surface area contributed by atoms with Gasteiger partial charge in [-0.1, -0.05) is 200 Å². The van der Waals surface area contributed by atoms with Crippen LogP contribution in [0.5, 0.6) is 0 Å². The van der Waals surface area contributed by atoms with Crippen molar-refractivity contribution in [3.05, 3.63) is 239 Å². The van der Waals surface area contributed by atoms with Gasteiger partial charge in [-0.25, -0.2) is 9.59 Å². The summed E-state index contributed by atoms with van der Waals surface area (Å²) in [6.07, 6.45) is -5.86. The smallest absolute Gasteiger partial charge is 0.407 e. The van der Waals surface area contributed by atoms with E-state index in [0.717, 1.165) is 44.5 Å². The average Bonchev–Trinajstić information content (AvgIpc) is 4.12. The summed E-state index contributed by atoms with van der Waals surface area (Å²) in [4.78, 5) is 72.7. The van der Waals surface area contributed by atoms with Gasteiger partial charge in [0, 0.05) is 19.4 Å². The molecule has 3 N–H and O–H groups in total. The van der Waals surface area contributed by atoms with Crippen molar-refractivity contribution in [1.82, 2.24) is 20.9 Å². The fourth-order valence-electron chi connectivity index (χ4n) is 10.5. The molecule has 4 amide bonds. The Labute approximate surface area is 484 Å². The number of nitrogens with one attached hydrogen (secondary N) is 3. The van der Waals surface area contributed by atoms with Gasteiger partial charge in [-0.3, -0.25) is 14.4 Å². The molecule has 8 atom stereocenters. The first-order valence-electron chi connectivity index (χ1n) is 27.9. The highest BCUT2D eigenvalue weighted by atomic mass is 16.7. The highest BCUT2D eigenvalue weighted by molar-refractivity contribution is 5.94. The molecule has 0 saturated carbocycles. The molecule has 430 valence electrons. The van der Waals surface area contributed by atoms with Crippen molar-refractivity contribution in [2.45, 2.75) is 101 Å². The van der Waals surface area contributed by atoms with Crippen LogP contribution < -0.4 is 16.0 Å². The number of amides is 4. The average molecular weight is 1120 g/mol. The van der Waals surface area contributed by atoms with Crippen LogP contribution in [0.3, 0.4) is 0 Å². The number of alkyl carbamates (subject to hydrolysis) is 1. The summed E-state index contributed by atoms with van der Waals surface area (Å²) < 4.78 is 44.8. The third-order valence-electron chi connectivity index (χ3n) is 14.7. The maximum absolute atomic E-state index is 15.6. The molecule has 0 unspecified atom stereocenters. The van der Waals surface area contributed by atoms with Crippen LogP contribution in [0.1, 0.15) is 58.7 Å². The highest BCUT2D eigenvalue weighted by Crippen LogP contribution is 2.44. The maximum atomic E-state index is 15.6. The van der Waals surface area contributed by atoms with Gasteiger partial charge in [0.25, 0.3) is 0 Å². The van der Waals surface area contributed by atoms with Gasteiger partial charge in [0.2, 0.25) is 17.7 Å². The summed E-state index contributed by atoms with van der Waals surface area (Å²) in [5.41, 5.74) is 8.25. The number of fused-ring (bicyclic) bond motifs is 3. The van der Waals surface area contributed by atoms with E-state index in [1.165, 1.54) is 25.9 Å². The standard InChI is InChI=1S/C67H70N4O12/c1-45(69-59(72)38-68-67(76)82-44-56-54-35-21-19-33-52(54)53-34-20-22-36-55(53)56)64(74)71(57(37-47-23-9-4-10-24-47)63(73)70-46(2)65(75)81-43-51-31-17-8-18-32-51)39-58-60(78-40-48-25-11-5-12-26-48)61(79-41-49-27-13-6-14-28-49)62(66(77-3)83-58)80-42-50-29-15-7-16-30-50/h4-36,45-46,56-58,60-62,66H,37-44H2,1-3H3,(H,68,76)(H,69,72)(H,70,73)/t45-,46-,57+,58+,60+,61-,62+,66-/m0/s1. The number of hydrogen-bond acceptors (Lipinski definition) is 12. The van der Waals surface area contributed by atoms with E-state index in [-0.39, 0.29) is 51.9 Å². The fraction of sp³-hybridized carbons (Fsp3) is 0.299. The summed E-state index contributed by atoms with van der Waals surface area (Å²) in [7, 11) is 1.49. The molecule has 1 aliphatic heterocycles. The zero-order chi connectivity index (χ0) is 57.9. The molecule has 16 heteroatoms. The number of rotatable bonds is 26. The van der Waals surface area contributed by atoms with Crippen LogP contribution in [0.2, 0.25) is 0 Å². The molecule has 7 aromatic carbocycles. The Morgan fingerprint density at radius 2 is 0.976 bits per heavy atom. The number of methoxy groups -OCH3 is 1. The van der Waals surface area contributed by atoms with Gasteiger partial charge in [0.05, 0.1) is 26.4 Å². The van der Waals surface area contributed by atoms with Crippen molar-refractivity contribution >= 4 is 29.8 Å². The van der Waals surface area contributed by atoms with Crippen molar-refractivity contribution < 1.29 is 57.1 Å². The second kappa shape index (κ2) is 29.5. The molecule has 9 rings (SSSR count). The van der Waals surface area contributed by atoms with Gasteiger partial charge in [-0.05, 0) is 63.9 Å². The van der Waals surface area contributed by atoms with E-state index in [1.807, 2.05) is 200 Å². The highest BCUT2D eigenvalue weighted by Gasteiger charge is 2.50. The Bertz CT molecular complexity index is 3170. The Balaban J connectivity index is 1.01. The first-order chi connectivity index (χ1) is 40.5. The van der Waals surface area contributed by atoms with E-state index in [9.17, 15) is 14.4 Å². The molecule has 2 aliphatic rings. The summed E-state index contributed by atoms with van der Waals surface area (Å²) >= 11 is 0. The number of carbonyl (C=O) groups excluding carboxylic acids is 5. The fourth-order valence-corrected chi connectivity index (χ4v) is 10.5. The van der Waals surface area contributed by atoms with Crippen molar-refractivity contribution in [1.29, 1.82) is 0 Å². The monoisotopic (exact) mass is 1120 g/mol. The van der Waals surface area contributed by atoms with E-state index < -0.39 is 85.2 Å². The van der Waals surface area contributed by atoms with Gasteiger partial charge < -0.3 is 54.0 Å². The Hall–Kier alpha value is -8.51. The van der Waals surface area contributed by atoms with Crippen LogP contribution in [-0.4, -0.2) is 110 Å². The molecule has 83 heavy (non-hydrogen) atoms. The molecule has 0 bridgehead atoms. The number of carbonyl (C=O) groups is 5. The number of hydrogen-bond donors (Lipinski definition) is 3. The third-order valence-corrected chi connectivity index (χ3v) is 14.7. The van der Waals surface area contributed by atoms with Crippen LogP contribution in [0.4, 0.5) is 4.79 Å². The quantitative estimate of drug-likeness (QED) is 0.0438. The predicted molar refractivity (Wildman–Crippen MR) is 311 cm³/mol. The lowest BCUT2D eigenvalue weighted by Gasteiger charge is -2.47. The number of esters is 1. The lowest BCUT2D eigenvalue weighted by atomic mass is 9.95. The minimum absolute atomic E-state index is 0.0286. The lowest BCUT2D eigenvalue weighted by molar-refractivity contribution is -0.319. The number of ether oxygens (including phenoxy) is 7. The third kappa shape index (κ3) is 15.9. The second-order valence-corrected chi connectivity index (χ2v) is 20.6. The molecule has 1 heterocycles. The second-order valence-electron chi connectivity index (χ2n) is 20.6. The van der Waals surface area contributed by atoms with Gasteiger partial charge in [0.1, 0.15) is 62.3 Å². The SMILES string of the molecule is CO[C@H]1O[C@H](CN(C(=O)[C@H](C)NC(=O)CNC(=O)OCC2c3ccccc3-c3ccccc32)[C@H](Cc2ccccc2)C(=O)N[C@@H](C)C(=O)OCc2ccccc2)[C@@H](OCc2ccccc2)[C@H](OCc2ccccc2)[C@H]1OCc1ccccc1. The number of benzene rings is 7. The summed E-state index contributed by atoms with van der Waals surface area (Å²) in [5.74, 6) is -3.00. The molecule has 0 spiro atoms. The van der Waals surface area contributed by atoms with Crippen LogP contribution in [0, 0.1) is 0 Å². The van der Waals surface area contributed by atoms with Gasteiger partial charge in [-0.15, -0.1) is 0 Å². The predicted octanol–water partition coefficient (Wildman–Crippen LogP) is 8.85. The first-order valence-corrected chi connectivity index (χ1v) is 27.9. The van der Waals surface area contributed by atoms with Crippen molar-refractivity contribution in [2.24, 2.45) is 0 Å². The summed E-state index contributed by atoms with van der Waals surface area (Å²) in [5, 5.41) is 8.11.